The number of hydrogen-bond donors (Lipinski definition) is 1. The van der Waals surface area contributed by atoms with Gasteiger partial charge in [0.25, 0.3) is 5.09 Å². The van der Waals surface area contributed by atoms with Crippen LogP contribution in [0.1, 0.15) is 0 Å². The van der Waals surface area contributed by atoms with Crippen molar-refractivity contribution >= 4 is 45.5 Å². The number of nitrogens with zero attached hydrogens (tertiary/aromatic N) is 1. The molecular formula is H3NO3Sr. The Balaban J connectivity index is 0. The van der Waals surface area contributed by atoms with Gasteiger partial charge in [-0.15, -0.1) is 10.1 Å². The van der Waals surface area contributed by atoms with E-state index >= 15 is 0 Å². The summed E-state index contributed by atoms with van der Waals surface area (Å²) in [6.45, 7) is 0. The van der Waals surface area contributed by atoms with Crippen LogP contribution in [0.25, 0.3) is 0 Å². The van der Waals surface area contributed by atoms with Crippen molar-refractivity contribution in [3.8, 4) is 0 Å². The molecule has 28 valence electrons. The van der Waals surface area contributed by atoms with Crippen LogP contribution in [0.2, 0.25) is 0 Å². The summed E-state index contributed by atoms with van der Waals surface area (Å²) in [5, 5.41) is 13.6. The van der Waals surface area contributed by atoms with Gasteiger partial charge in [0.1, 0.15) is 0 Å². The van der Waals surface area contributed by atoms with Crippen LogP contribution in [0, 0.1) is 10.1 Å². The molecule has 4 nitrogen and oxygen atoms in total. The molecule has 0 atom stereocenters. The standard InChI is InChI=1S/HNO3.Sr.2H/c2-1(3)4;;;/h(H,2,3,4);;;. The van der Waals surface area contributed by atoms with Crippen molar-refractivity contribution in [1.82, 2.24) is 0 Å². The predicted molar refractivity (Wildman–Crippen MR) is 17.3 cm³/mol. The Morgan fingerprint density at radius 2 is 1.80 bits per heavy atom. The first kappa shape index (κ1) is 9.19. The van der Waals surface area contributed by atoms with E-state index in [0.717, 1.165) is 0 Å². The van der Waals surface area contributed by atoms with Gasteiger partial charge in [-0.2, -0.15) is 0 Å². The Hall–Kier alpha value is 0.681. The van der Waals surface area contributed by atoms with E-state index in [-0.39, 0.29) is 45.5 Å². The van der Waals surface area contributed by atoms with Crippen molar-refractivity contribution < 1.29 is 10.3 Å². The molecule has 0 spiro atoms. The van der Waals surface area contributed by atoms with Crippen LogP contribution in [-0.2, 0) is 0 Å². The summed E-state index contributed by atoms with van der Waals surface area (Å²) in [7, 11) is 0. The van der Waals surface area contributed by atoms with E-state index in [9.17, 15) is 0 Å². The molecule has 0 aromatic rings. The fourth-order valence-corrected chi connectivity index (χ4v) is 0. The summed E-state index contributed by atoms with van der Waals surface area (Å²) in [4.78, 5) is 8.36. The molecule has 0 bridgehead atoms. The average Bonchev–Trinajstić information content (AvgIpc) is 0.811. The summed E-state index contributed by atoms with van der Waals surface area (Å²) in [6.07, 6.45) is 0. The van der Waals surface area contributed by atoms with Crippen molar-refractivity contribution in [2.45, 2.75) is 0 Å². The van der Waals surface area contributed by atoms with Crippen molar-refractivity contribution in [3.63, 3.8) is 0 Å². The summed E-state index contributed by atoms with van der Waals surface area (Å²) < 4.78 is 0. The van der Waals surface area contributed by atoms with Gasteiger partial charge in [-0.05, 0) is 0 Å². The second-order valence-corrected chi connectivity index (χ2v) is 0.238. The van der Waals surface area contributed by atoms with Crippen molar-refractivity contribution in [3.05, 3.63) is 10.1 Å². The van der Waals surface area contributed by atoms with Crippen molar-refractivity contribution in [2.24, 2.45) is 0 Å². The van der Waals surface area contributed by atoms with Gasteiger partial charge < -0.3 is 5.21 Å². The van der Waals surface area contributed by atoms with E-state index in [0.29, 0.717) is 0 Å². The number of hydrogen-bond acceptors (Lipinski definition) is 2. The topological polar surface area (TPSA) is 63.4 Å². The van der Waals surface area contributed by atoms with E-state index in [4.69, 9.17) is 15.3 Å². The Morgan fingerprint density at radius 1 is 1.80 bits per heavy atom. The van der Waals surface area contributed by atoms with Crippen LogP contribution in [-0.4, -0.2) is 55.8 Å². The SMILES string of the molecule is O=[N+]([O-])O.[SrH2]. The van der Waals surface area contributed by atoms with E-state index < -0.39 is 5.09 Å². The molecule has 0 unspecified atom stereocenters. The Labute approximate surface area is 65.2 Å². The quantitative estimate of drug-likeness (QED) is 0.268. The fourth-order valence-electron chi connectivity index (χ4n) is 0. The minimum atomic E-state index is -1.50. The molecule has 0 saturated carbocycles. The molecule has 0 aliphatic carbocycles. The maximum absolute atomic E-state index is 8.36. The van der Waals surface area contributed by atoms with E-state index in [2.05, 4.69) is 0 Å². The molecule has 1 N–H and O–H groups in total. The van der Waals surface area contributed by atoms with Gasteiger partial charge >= 0.3 is 45.5 Å². The predicted octanol–water partition coefficient (Wildman–Crippen LogP) is -1.26. The summed E-state index contributed by atoms with van der Waals surface area (Å²) in [6, 6.07) is 0. The fraction of sp³-hybridized carbons (Fsp3) is 0. The van der Waals surface area contributed by atoms with Crippen LogP contribution < -0.4 is 0 Å². The molecule has 0 aromatic carbocycles. The monoisotopic (exact) mass is 153 g/mol. The third-order valence-electron chi connectivity index (χ3n) is 0. The van der Waals surface area contributed by atoms with Crippen LogP contribution in [0.4, 0.5) is 0 Å². The number of rotatable bonds is 0. The molecule has 0 aliphatic rings. The third-order valence-corrected chi connectivity index (χ3v) is 0. The molecule has 0 heterocycles. The van der Waals surface area contributed by atoms with Crippen molar-refractivity contribution in [1.29, 1.82) is 0 Å². The molecule has 0 rings (SSSR count). The van der Waals surface area contributed by atoms with Gasteiger partial charge in [-0.1, -0.05) is 0 Å². The van der Waals surface area contributed by atoms with Crippen LogP contribution in [0.3, 0.4) is 0 Å². The van der Waals surface area contributed by atoms with Crippen LogP contribution in [0.5, 0.6) is 0 Å². The maximum atomic E-state index is 8.36. The minimum absolute atomic E-state index is 0. The molecule has 0 aliphatic heterocycles. The van der Waals surface area contributed by atoms with E-state index in [1.165, 1.54) is 0 Å². The van der Waals surface area contributed by atoms with Crippen LogP contribution >= 0.6 is 0 Å². The summed E-state index contributed by atoms with van der Waals surface area (Å²) in [5.41, 5.74) is 0. The third kappa shape index (κ3) is 72.6. The normalized spacial score (nSPS) is 4.80. The summed E-state index contributed by atoms with van der Waals surface area (Å²) in [5.74, 6) is 0. The average molecular weight is 153 g/mol. The molecule has 5 heavy (non-hydrogen) atoms. The zero-order valence-corrected chi connectivity index (χ0v) is 1.71. The molecule has 0 aromatic heterocycles. The van der Waals surface area contributed by atoms with E-state index in [1.54, 1.807) is 0 Å². The zero-order chi connectivity index (χ0) is 3.58. The van der Waals surface area contributed by atoms with Gasteiger partial charge in [0.05, 0.1) is 0 Å². The van der Waals surface area contributed by atoms with Gasteiger partial charge in [-0.25, -0.2) is 0 Å². The van der Waals surface area contributed by atoms with E-state index in [1.807, 2.05) is 0 Å². The second kappa shape index (κ2) is 4.68. The first-order chi connectivity index (χ1) is 1.73. The first-order valence-electron chi connectivity index (χ1n) is 0.565. The molecular weight excluding hydrogens is 150 g/mol. The summed E-state index contributed by atoms with van der Waals surface area (Å²) >= 11 is 0. The van der Waals surface area contributed by atoms with Crippen LogP contribution in [0.15, 0.2) is 0 Å². The Morgan fingerprint density at radius 3 is 1.80 bits per heavy atom. The van der Waals surface area contributed by atoms with Crippen molar-refractivity contribution in [2.75, 3.05) is 0 Å². The second-order valence-electron chi connectivity index (χ2n) is 0.238. The molecule has 0 saturated heterocycles. The Kier molecular flexibility index (Phi) is 8.60. The molecule has 0 amide bonds. The van der Waals surface area contributed by atoms with Gasteiger partial charge in [0, 0.05) is 0 Å². The molecule has 0 fully saturated rings. The molecule has 0 radical (unpaired) electrons. The Bertz CT molecular complexity index is 29.9. The van der Waals surface area contributed by atoms with Gasteiger partial charge in [0.2, 0.25) is 0 Å². The van der Waals surface area contributed by atoms with Gasteiger partial charge in [0.15, 0.2) is 0 Å². The molecule has 5 heteroatoms. The van der Waals surface area contributed by atoms with Gasteiger partial charge in [-0.3, -0.25) is 0 Å². The first-order valence-corrected chi connectivity index (χ1v) is 0.565. The zero-order valence-electron chi connectivity index (χ0n) is 1.71.